The molecule has 3 rings (SSSR count). The fourth-order valence-corrected chi connectivity index (χ4v) is 23.8. The second-order valence-electron chi connectivity index (χ2n) is 12.9. The Morgan fingerprint density at radius 2 is 0.857 bits per heavy atom. The van der Waals surface area contributed by atoms with Crippen LogP contribution in [-0.2, 0) is 4.12 Å². The topological polar surface area (TPSA) is 9.23 Å². The van der Waals surface area contributed by atoms with E-state index in [9.17, 15) is 0 Å². The molecular weight excluding hydrogens is 421 g/mol. The van der Waals surface area contributed by atoms with Crippen molar-refractivity contribution in [3.05, 3.63) is 45.1 Å². The number of allylic oxidation sites excluding steroid dienone is 8. The number of fused-ring (bicyclic) bond motifs is 2. The highest BCUT2D eigenvalue weighted by atomic mass is 28.4. The van der Waals surface area contributed by atoms with Gasteiger partial charge < -0.3 is 4.12 Å². The zero-order valence-corrected chi connectivity index (χ0v) is 25.4. The minimum Gasteiger partial charge on any atom is -0.449 e. The van der Waals surface area contributed by atoms with E-state index >= 15 is 0 Å². The van der Waals surface area contributed by atoms with Gasteiger partial charge in [-0.25, -0.2) is 0 Å². The first-order valence-electron chi connectivity index (χ1n) is 11.0. The first-order valence-corrected chi connectivity index (χ1v) is 26.9. The predicted molar refractivity (Wildman–Crippen MR) is 140 cm³/mol. The van der Waals surface area contributed by atoms with Crippen LogP contribution in [0.25, 0.3) is 0 Å². The number of hydrogen-bond acceptors (Lipinski definition) is 1. The lowest BCUT2D eigenvalue weighted by atomic mass is 10.5. The van der Waals surface area contributed by atoms with Crippen LogP contribution in [0.2, 0.25) is 89.6 Å². The van der Waals surface area contributed by atoms with E-state index in [-0.39, 0.29) is 0 Å². The van der Waals surface area contributed by atoms with Gasteiger partial charge in [0.2, 0.25) is 16.6 Å². The van der Waals surface area contributed by atoms with Crippen LogP contribution in [0.15, 0.2) is 45.1 Å². The number of hydrogen-bond donors (Lipinski definition) is 0. The van der Waals surface area contributed by atoms with Crippen LogP contribution in [-0.4, -0.2) is 40.9 Å². The summed E-state index contributed by atoms with van der Waals surface area (Å²) in [7, 11) is -8.10. The Morgan fingerprint density at radius 1 is 0.571 bits per heavy atom. The first kappa shape index (κ1) is 22.7. The van der Waals surface area contributed by atoms with E-state index in [1.807, 2.05) is 0 Å². The summed E-state index contributed by atoms with van der Waals surface area (Å²) >= 11 is 0. The van der Waals surface area contributed by atoms with E-state index in [0.717, 1.165) is 0 Å². The van der Waals surface area contributed by atoms with Crippen LogP contribution in [0.5, 0.6) is 0 Å². The van der Waals surface area contributed by atoms with E-state index in [0.29, 0.717) is 11.1 Å². The summed E-state index contributed by atoms with van der Waals surface area (Å²) in [5, 5.41) is 6.78. The highest BCUT2D eigenvalue weighted by Crippen LogP contribution is 2.52. The van der Waals surface area contributed by atoms with E-state index < -0.39 is 40.9 Å². The van der Waals surface area contributed by atoms with Crippen LogP contribution in [0.4, 0.5) is 0 Å². The van der Waals surface area contributed by atoms with Crippen molar-refractivity contribution in [2.75, 3.05) is 0 Å². The maximum absolute atomic E-state index is 7.22. The van der Waals surface area contributed by atoms with Gasteiger partial charge in [-0.2, -0.15) is 0 Å². The van der Waals surface area contributed by atoms with Crippen molar-refractivity contribution in [3.8, 4) is 0 Å². The summed E-state index contributed by atoms with van der Waals surface area (Å²) in [6.07, 6.45) is 10.8. The fraction of sp³-hybridized carbons (Fsp3) is 0.636. The molecule has 0 saturated carbocycles. The molecule has 0 aromatic rings. The van der Waals surface area contributed by atoms with Gasteiger partial charge in [-0.3, -0.25) is 0 Å². The Morgan fingerprint density at radius 3 is 1.14 bits per heavy atom. The molecule has 0 amide bonds. The van der Waals surface area contributed by atoms with Gasteiger partial charge in [0.05, 0.1) is 16.1 Å². The van der Waals surface area contributed by atoms with Crippen molar-refractivity contribution >= 4 is 40.9 Å². The number of rotatable bonds is 2. The van der Waals surface area contributed by atoms with Crippen molar-refractivity contribution in [2.45, 2.75) is 89.6 Å². The summed E-state index contributed by atoms with van der Waals surface area (Å²) in [5.74, 6) is 0. The summed E-state index contributed by atoms with van der Waals surface area (Å²) in [6, 6.07) is 0. The Kier molecular flexibility index (Phi) is 5.27. The molecule has 0 bridgehead atoms. The third-order valence-electron chi connectivity index (χ3n) is 7.12. The SMILES string of the molecule is C[Si]1(C)O[Si](C)(C)C2=CC([Si](C)(C)C)C=C2[Si](C)(C)C2=CC([Si](C)(C)C)C=C21. The molecule has 1 fully saturated rings. The molecule has 1 saturated heterocycles. The summed E-state index contributed by atoms with van der Waals surface area (Å²) < 4.78 is 7.22. The van der Waals surface area contributed by atoms with Gasteiger partial charge in [0.25, 0.3) is 0 Å². The second-order valence-corrected chi connectivity index (χ2v) is 35.9. The molecule has 2 atom stereocenters. The lowest BCUT2D eigenvalue weighted by molar-refractivity contribution is 0.563. The fourth-order valence-electron chi connectivity index (χ4n) is 5.21. The zero-order chi connectivity index (χ0) is 21.5. The largest absolute Gasteiger partial charge is 0.449 e. The molecule has 1 nitrogen and oxygen atoms in total. The van der Waals surface area contributed by atoms with Crippen molar-refractivity contribution in [2.24, 2.45) is 0 Å². The van der Waals surface area contributed by atoms with Crippen molar-refractivity contribution in [1.82, 2.24) is 0 Å². The minimum absolute atomic E-state index is 0.671. The zero-order valence-electron chi connectivity index (χ0n) is 20.4. The van der Waals surface area contributed by atoms with Crippen LogP contribution < -0.4 is 0 Å². The highest BCUT2D eigenvalue weighted by molar-refractivity contribution is 7.03. The third-order valence-corrected chi connectivity index (χ3v) is 23.4. The normalized spacial score (nSPS) is 31.0. The smallest absolute Gasteiger partial charge is 0.205 e. The second kappa shape index (κ2) is 6.50. The van der Waals surface area contributed by atoms with E-state index in [1.165, 1.54) is 0 Å². The van der Waals surface area contributed by atoms with Gasteiger partial charge in [0, 0.05) is 0 Å². The Bertz CT molecular complexity index is 747. The molecule has 0 radical (unpaired) electrons. The highest BCUT2D eigenvalue weighted by Gasteiger charge is 2.53. The van der Waals surface area contributed by atoms with Gasteiger partial charge in [0.1, 0.15) is 8.07 Å². The van der Waals surface area contributed by atoms with Crippen molar-refractivity contribution < 1.29 is 4.12 Å². The maximum atomic E-state index is 7.22. The Labute approximate surface area is 179 Å². The van der Waals surface area contributed by atoms with E-state index in [4.69, 9.17) is 4.12 Å². The molecule has 156 valence electrons. The van der Waals surface area contributed by atoms with Crippen LogP contribution in [0.1, 0.15) is 0 Å². The molecule has 1 heterocycles. The monoisotopic (exact) mass is 462 g/mol. The average molecular weight is 463 g/mol. The summed E-state index contributed by atoms with van der Waals surface area (Å²) in [4.78, 5) is 0. The molecule has 2 aliphatic carbocycles. The average Bonchev–Trinajstić information content (AvgIpc) is 3.10. The summed E-state index contributed by atoms with van der Waals surface area (Å²) in [5.41, 5.74) is 1.34. The molecule has 6 heteroatoms. The summed E-state index contributed by atoms with van der Waals surface area (Å²) in [6.45, 7) is 30.3. The molecule has 0 aromatic heterocycles. The molecule has 0 spiro atoms. The van der Waals surface area contributed by atoms with E-state index in [2.05, 4.69) is 103 Å². The molecule has 3 aliphatic rings. The lowest BCUT2D eigenvalue weighted by Crippen LogP contribution is -2.54. The predicted octanol–water partition coefficient (Wildman–Crippen LogP) is 7.44. The first-order chi connectivity index (χ1) is 12.4. The van der Waals surface area contributed by atoms with Crippen LogP contribution >= 0.6 is 0 Å². The van der Waals surface area contributed by atoms with Gasteiger partial charge in [-0.05, 0) is 47.7 Å². The van der Waals surface area contributed by atoms with Gasteiger partial charge in [0.15, 0.2) is 0 Å². The van der Waals surface area contributed by atoms with Gasteiger partial charge >= 0.3 is 0 Å². The Hall–Kier alpha value is 0.00442. The maximum Gasteiger partial charge on any atom is 0.205 e. The van der Waals surface area contributed by atoms with Crippen molar-refractivity contribution in [3.63, 3.8) is 0 Å². The third kappa shape index (κ3) is 3.73. The molecule has 0 aromatic carbocycles. The van der Waals surface area contributed by atoms with Crippen LogP contribution in [0, 0.1) is 0 Å². The molecule has 1 aliphatic heterocycles. The Balaban J connectivity index is 2.26. The van der Waals surface area contributed by atoms with E-state index in [1.54, 1.807) is 20.8 Å². The molecule has 0 N–H and O–H groups in total. The van der Waals surface area contributed by atoms with Gasteiger partial charge in [-0.1, -0.05) is 87.1 Å². The molecule has 28 heavy (non-hydrogen) atoms. The standard InChI is InChI=1S/C22H42OSi5/c1-24(2,3)17-13-19-21(15-17)27(9,10)23-28(11,12)22-16-18(25(4,5)6)14-20(22)26(19,7)8/h13-18H,1-12H3. The van der Waals surface area contributed by atoms with Crippen molar-refractivity contribution in [1.29, 1.82) is 0 Å². The minimum atomic E-state index is -1.92. The molecular formula is C22H42OSi5. The van der Waals surface area contributed by atoms with Gasteiger partial charge in [-0.15, -0.1) is 0 Å². The lowest BCUT2D eigenvalue weighted by Gasteiger charge is -2.45. The molecule has 2 unspecified atom stereocenters. The quantitative estimate of drug-likeness (QED) is 0.387. The van der Waals surface area contributed by atoms with Crippen LogP contribution in [0.3, 0.4) is 0 Å².